The molecule has 0 heterocycles. The molecular weight excluding hydrogens is 330 g/mol. The fourth-order valence-corrected chi connectivity index (χ4v) is 2.75. The normalized spacial score (nSPS) is 10.3. The van der Waals surface area contributed by atoms with Gasteiger partial charge in [0.25, 0.3) is 0 Å². The van der Waals surface area contributed by atoms with E-state index in [1.807, 2.05) is 60.7 Å². The number of hydrazine groups is 1. The lowest BCUT2D eigenvalue weighted by atomic mass is 9.91. The topological polar surface area (TPSA) is 53.2 Å². The number of amides is 1. The summed E-state index contributed by atoms with van der Waals surface area (Å²) in [5.41, 5.74) is 7.41. The number of unbranched alkanes of at least 4 members (excludes halogenated alkanes) is 2. The molecule has 3 N–H and O–H groups in total. The van der Waals surface area contributed by atoms with E-state index in [1.54, 1.807) is 0 Å². The molecule has 0 unspecified atom stereocenters. The molecular formula is C20H25N3OS. The van der Waals surface area contributed by atoms with E-state index < -0.39 is 5.92 Å². The molecule has 4 nitrogen and oxygen atoms in total. The van der Waals surface area contributed by atoms with Gasteiger partial charge in [0.1, 0.15) is 0 Å². The third-order valence-electron chi connectivity index (χ3n) is 3.89. The Labute approximate surface area is 155 Å². The number of rotatable bonds is 7. The quantitative estimate of drug-likeness (QED) is 0.404. The third-order valence-corrected chi connectivity index (χ3v) is 4.14. The van der Waals surface area contributed by atoms with Crippen molar-refractivity contribution in [2.45, 2.75) is 32.1 Å². The molecule has 0 saturated heterocycles. The summed E-state index contributed by atoms with van der Waals surface area (Å²) >= 11 is 5.21. The number of thiocarbonyl (C=S) groups is 1. The van der Waals surface area contributed by atoms with E-state index >= 15 is 0 Å². The number of carbonyl (C=O) groups excluding carboxylic acids is 1. The monoisotopic (exact) mass is 355 g/mol. The summed E-state index contributed by atoms with van der Waals surface area (Å²) < 4.78 is 0. The van der Waals surface area contributed by atoms with Gasteiger partial charge in [-0.2, -0.15) is 0 Å². The lowest BCUT2D eigenvalue weighted by molar-refractivity contribution is -0.122. The van der Waals surface area contributed by atoms with Gasteiger partial charge in [0.2, 0.25) is 5.91 Å². The summed E-state index contributed by atoms with van der Waals surface area (Å²) in [6, 6.07) is 19.5. The molecule has 2 aromatic rings. The maximum Gasteiger partial charge on any atom is 0.250 e. The van der Waals surface area contributed by atoms with Gasteiger partial charge in [-0.25, -0.2) is 0 Å². The summed E-state index contributed by atoms with van der Waals surface area (Å²) in [4.78, 5) is 12.8. The Morgan fingerprint density at radius 1 is 0.920 bits per heavy atom. The number of hydrogen-bond acceptors (Lipinski definition) is 2. The molecule has 0 aliphatic heterocycles. The zero-order valence-electron chi connectivity index (χ0n) is 14.5. The van der Waals surface area contributed by atoms with Crippen molar-refractivity contribution in [3.05, 3.63) is 71.8 Å². The maximum atomic E-state index is 12.8. The summed E-state index contributed by atoms with van der Waals surface area (Å²) in [6.07, 6.45) is 3.38. The highest BCUT2D eigenvalue weighted by atomic mass is 32.1. The van der Waals surface area contributed by atoms with Crippen molar-refractivity contribution in [2.24, 2.45) is 0 Å². The van der Waals surface area contributed by atoms with Crippen molar-refractivity contribution in [3.63, 3.8) is 0 Å². The second-order valence-electron chi connectivity index (χ2n) is 5.83. The summed E-state index contributed by atoms with van der Waals surface area (Å²) in [7, 11) is 0. The van der Waals surface area contributed by atoms with Gasteiger partial charge in [-0.15, -0.1) is 0 Å². The van der Waals surface area contributed by atoms with Crippen LogP contribution in [0.5, 0.6) is 0 Å². The number of nitrogens with one attached hydrogen (secondary N) is 3. The summed E-state index contributed by atoms with van der Waals surface area (Å²) in [5, 5.41) is 3.53. The zero-order valence-corrected chi connectivity index (χ0v) is 15.3. The van der Waals surface area contributed by atoms with Crippen LogP contribution in [-0.2, 0) is 4.79 Å². The molecule has 2 rings (SSSR count). The van der Waals surface area contributed by atoms with Gasteiger partial charge in [-0.1, -0.05) is 80.4 Å². The van der Waals surface area contributed by atoms with Crippen molar-refractivity contribution < 1.29 is 4.79 Å². The lowest BCUT2D eigenvalue weighted by Crippen LogP contribution is -2.48. The van der Waals surface area contributed by atoms with Crippen LogP contribution in [0.15, 0.2) is 60.7 Å². The van der Waals surface area contributed by atoms with Crippen LogP contribution in [0.1, 0.15) is 43.2 Å². The molecule has 0 aliphatic carbocycles. The zero-order chi connectivity index (χ0) is 17.9. The van der Waals surface area contributed by atoms with Crippen molar-refractivity contribution in [3.8, 4) is 0 Å². The molecule has 0 fully saturated rings. The molecule has 0 spiro atoms. The van der Waals surface area contributed by atoms with Gasteiger partial charge < -0.3 is 5.32 Å². The van der Waals surface area contributed by atoms with E-state index in [4.69, 9.17) is 12.2 Å². The Balaban J connectivity index is 1.98. The van der Waals surface area contributed by atoms with Crippen molar-refractivity contribution in [1.82, 2.24) is 16.2 Å². The molecule has 0 atom stereocenters. The Bertz CT molecular complexity index is 622. The molecule has 2 aromatic carbocycles. The van der Waals surface area contributed by atoms with Crippen LogP contribution < -0.4 is 16.2 Å². The van der Waals surface area contributed by atoms with Crippen molar-refractivity contribution in [1.29, 1.82) is 0 Å². The van der Waals surface area contributed by atoms with Crippen LogP contribution in [-0.4, -0.2) is 17.6 Å². The first-order valence-corrected chi connectivity index (χ1v) is 9.06. The minimum Gasteiger partial charge on any atom is -0.361 e. The third kappa shape index (κ3) is 6.19. The average molecular weight is 356 g/mol. The van der Waals surface area contributed by atoms with Crippen LogP contribution in [0, 0.1) is 0 Å². The van der Waals surface area contributed by atoms with Crippen molar-refractivity contribution >= 4 is 23.2 Å². The van der Waals surface area contributed by atoms with E-state index in [0.717, 1.165) is 36.9 Å². The Hall–Kier alpha value is -2.40. The van der Waals surface area contributed by atoms with E-state index in [-0.39, 0.29) is 5.91 Å². The SMILES string of the molecule is CCCCCNC(=S)NNC(=O)C(c1ccccc1)c1ccccc1. The van der Waals surface area contributed by atoms with Crippen LogP contribution in [0.4, 0.5) is 0 Å². The number of hydrogen-bond donors (Lipinski definition) is 3. The lowest BCUT2D eigenvalue weighted by Gasteiger charge is -2.19. The van der Waals surface area contributed by atoms with E-state index in [2.05, 4.69) is 23.1 Å². The number of carbonyl (C=O) groups is 1. The summed E-state index contributed by atoms with van der Waals surface area (Å²) in [6.45, 7) is 2.96. The maximum absolute atomic E-state index is 12.8. The molecule has 132 valence electrons. The van der Waals surface area contributed by atoms with Crippen LogP contribution in [0.25, 0.3) is 0 Å². The van der Waals surface area contributed by atoms with Crippen LogP contribution in [0.2, 0.25) is 0 Å². The van der Waals surface area contributed by atoms with Gasteiger partial charge >= 0.3 is 0 Å². The molecule has 0 aromatic heterocycles. The Morgan fingerprint density at radius 3 is 2.00 bits per heavy atom. The van der Waals surface area contributed by atoms with Crippen molar-refractivity contribution in [2.75, 3.05) is 6.54 Å². The molecule has 1 amide bonds. The molecule has 0 saturated carbocycles. The first-order chi connectivity index (χ1) is 12.2. The van der Waals surface area contributed by atoms with E-state index in [0.29, 0.717) is 5.11 Å². The fourth-order valence-electron chi connectivity index (χ4n) is 2.60. The largest absolute Gasteiger partial charge is 0.361 e. The minimum atomic E-state index is -0.391. The summed E-state index contributed by atoms with van der Waals surface area (Å²) in [5.74, 6) is -0.534. The van der Waals surface area contributed by atoms with E-state index in [9.17, 15) is 4.79 Å². The van der Waals surface area contributed by atoms with E-state index in [1.165, 1.54) is 0 Å². The Kier molecular flexibility index (Phi) is 7.92. The van der Waals surface area contributed by atoms with Gasteiger partial charge in [0, 0.05) is 6.54 Å². The highest BCUT2D eigenvalue weighted by Crippen LogP contribution is 2.24. The Morgan fingerprint density at radius 2 is 1.48 bits per heavy atom. The smallest absolute Gasteiger partial charge is 0.250 e. The van der Waals surface area contributed by atoms with Gasteiger partial charge in [0.15, 0.2) is 5.11 Å². The first-order valence-electron chi connectivity index (χ1n) is 8.66. The minimum absolute atomic E-state index is 0.143. The first kappa shape index (κ1) is 18.9. The van der Waals surface area contributed by atoms with Gasteiger partial charge in [-0.3, -0.25) is 15.6 Å². The average Bonchev–Trinajstić information content (AvgIpc) is 2.65. The predicted molar refractivity (Wildman–Crippen MR) is 106 cm³/mol. The molecule has 0 aliphatic rings. The molecule has 0 radical (unpaired) electrons. The van der Waals surface area contributed by atoms with Crippen LogP contribution in [0.3, 0.4) is 0 Å². The van der Waals surface area contributed by atoms with Gasteiger partial charge in [0.05, 0.1) is 5.92 Å². The standard InChI is InChI=1S/C20H25N3OS/c1-2-3-10-15-21-20(25)23-22-19(24)18(16-11-6-4-7-12-16)17-13-8-5-9-14-17/h4-9,11-14,18H,2-3,10,15H2,1H3,(H,22,24)(H2,21,23,25). The highest BCUT2D eigenvalue weighted by Gasteiger charge is 2.22. The predicted octanol–water partition coefficient (Wildman–Crippen LogP) is 3.50. The van der Waals surface area contributed by atoms with Gasteiger partial charge in [-0.05, 0) is 29.8 Å². The number of benzene rings is 2. The fraction of sp³-hybridized carbons (Fsp3) is 0.300. The second kappa shape index (κ2) is 10.5. The highest BCUT2D eigenvalue weighted by molar-refractivity contribution is 7.80. The van der Waals surface area contributed by atoms with Crippen LogP contribution >= 0.6 is 12.2 Å². The molecule has 5 heteroatoms. The molecule has 25 heavy (non-hydrogen) atoms. The second-order valence-corrected chi connectivity index (χ2v) is 6.24. The molecule has 0 bridgehead atoms.